The fourth-order valence-corrected chi connectivity index (χ4v) is 11.6. The van der Waals surface area contributed by atoms with Crippen molar-refractivity contribution in [2.75, 3.05) is 25.9 Å². The number of ketones is 2. The van der Waals surface area contributed by atoms with Crippen LogP contribution in [0.25, 0.3) is 0 Å². The number of ether oxygens (including phenoxy) is 1. The fourth-order valence-electron chi connectivity index (χ4n) is 11.6. The number of hydrogen-bond donors (Lipinski definition) is 6. The van der Waals surface area contributed by atoms with Crippen molar-refractivity contribution in [3.63, 3.8) is 0 Å². The van der Waals surface area contributed by atoms with E-state index in [-0.39, 0.29) is 48.0 Å². The number of aliphatic hydroxyl groups is 3. The molecule has 2 aromatic carbocycles. The number of aromatic nitrogens is 1. The van der Waals surface area contributed by atoms with Gasteiger partial charge in [-0.2, -0.15) is 0 Å². The molecule has 11 heteroatoms. The largest absolute Gasteiger partial charge is 0.504 e. The molecule has 352 valence electrons. The van der Waals surface area contributed by atoms with Crippen molar-refractivity contribution >= 4 is 23.6 Å². The molecule has 66 heavy (non-hydrogen) atoms. The number of fused-ring (bicyclic) bond motifs is 2. The number of nitrogens with zero attached hydrogens (tertiary/aromatic N) is 2. The number of nitrogen functional groups attached to an aromatic ring is 1. The van der Waals surface area contributed by atoms with Crippen LogP contribution in [0.1, 0.15) is 120 Å². The molecule has 0 amide bonds. The highest BCUT2D eigenvalue weighted by Gasteiger charge is 2.54. The average Bonchev–Trinajstić information content (AvgIpc) is 3.75. The zero-order valence-electron chi connectivity index (χ0n) is 39.3. The first-order chi connectivity index (χ1) is 31.8. The topological polar surface area (TPSA) is 188 Å². The standard InChI is InChI=1S/C55H70N4O7/c1-5-12-44(54(65)55(20-10-7-11-21-55)50-29-42(33-59-50)34(2)31-57-32-35(3)60)41-25-37(23-36-19-22-58-51(56)26-36)24-39-15-17-43(38-13-8-6-9-14-38)45-30-48(62)49(66-4)28-40(45)16-18-47(61)53(64)52(63)46(39)27-41/h6,8-9,13-14,19,22,26,28-30,33-35,37,39,41,43-44,46,53-54,57,60,64-65H,5,7,10-12,16,18,20-21,23-25,27,31-32H2,1-4H3,(H2-,56,58,62)/p+1. The molecule has 1 aromatic heterocycles. The maximum absolute atomic E-state index is 15.0. The normalized spacial score (nSPS) is 26.2. The van der Waals surface area contributed by atoms with Crippen LogP contribution in [0.3, 0.4) is 0 Å². The molecular formula is C55H71N4O7+. The fraction of sp³-hybridized carbons (Fsp3) is 0.545. The summed E-state index contributed by atoms with van der Waals surface area (Å²) >= 11 is 0. The molecule has 0 saturated heterocycles. The predicted octanol–water partition coefficient (Wildman–Crippen LogP) is 7.73. The van der Waals surface area contributed by atoms with Crippen LogP contribution < -0.4 is 15.8 Å². The number of methoxy groups -OCH3 is 1. The number of phenolic OH excluding ortho intramolecular Hbond substituents is 1. The van der Waals surface area contributed by atoms with Gasteiger partial charge in [0.1, 0.15) is 29.4 Å². The zero-order chi connectivity index (χ0) is 47.0. The van der Waals surface area contributed by atoms with Crippen molar-refractivity contribution in [2.45, 2.75) is 128 Å². The van der Waals surface area contributed by atoms with E-state index in [9.17, 15) is 30.0 Å². The average molecular weight is 900 g/mol. The monoisotopic (exact) mass is 900 g/mol. The number of aryl methyl sites for hydroxylation is 1. The molecule has 1 aliphatic heterocycles. The second kappa shape index (κ2) is 22.2. The number of benzene rings is 2. The number of nitrogens with one attached hydrogen (secondary N) is 1. The minimum atomic E-state index is -1.83. The van der Waals surface area contributed by atoms with Gasteiger partial charge in [0.05, 0.1) is 31.2 Å². The van der Waals surface area contributed by atoms with E-state index in [0.717, 1.165) is 78.8 Å². The summed E-state index contributed by atoms with van der Waals surface area (Å²) in [5, 5.41) is 49.3. The van der Waals surface area contributed by atoms with Crippen molar-refractivity contribution in [2.24, 2.45) is 45.9 Å². The summed E-state index contributed by atoms with van der Waals surface area (Å²) in [5.41, 5.74) is 9.99. The summed E-state index contributed by atoms with van der Waals surface area (Å²) in [6.07, 6.45) is 11.4. The Bertz CT molecular complexity index is 2260. The second-order valence-corrected chi connectivity index (χ2v) is 19.8. The van der Waals surface area contributed by atoms with Gasteiger partial charge < -0.3 is 36.2 Å². The smallest absolute Gasteiger partial charge is 0.183 e. The summed E-state index contributed by atoms with van der Waals surface area (Å²) in [7, 11) is 1.48. The number of nitrogens with two attached hydrogens (primary N) is 1. The number of carbonyl (C=O) groups is 2. The molecule has 2 saturated carbocycles. The summed E-state index contributed by atoms with van der Waals surface area (Å²) in [6, 6.07) is 17.1. The van der Waals surface area contributed by atoms with Gasteiger partial charge >= 0.3 is 0 Å². The molecule has 2 fully saturated rings. The molecule has 7 N–H and O–H groups in total. The summed E-state index contributed by atoms with van der Waals surface area (Å²) in [4.78, 5) is 38.3. The van der Waals surface area contributed by atoms with Gasteiger partial charge in [-0.15, -0.1) is 4.99 Å². The van der Waals surface area contributed by atoms with Crippen molar-refractivity contribution in [3.05, 3.63) is 101 Å². The molecule has 11 nitrogen and oxygen atoms in total. The van der Waals surface area contributed by atoms with Crippen LogP contribution >= 0.6 is 0 Å². The predicted molar refractivity (Wildman–Crippen MR) is 259 cm³/mol. The summed E-state index contributed by atoms with van der Waals surface area (Å²) in [5.74, 6) is 5.96. The highest BCUT2D eigenvalue weighted by molar-refractivity contribution is 6.06. The van der Waals surface area contributed by atoms with Crippen molar-refractivity contribution in [1.29, 1.82) is 0 Å². The van der Waals surface area contributed by atoms with Gasteiger partial charge in [-0.1, -0.05) is 74.8 Å². The number of hydrogen-bond acceptors (Lipinski definition) is 11. The maximum atomic E-state index is 15.0. The SMILES string of the molecule is CCCC(C1CC(Cc2ccnc(N)c2)CC2C#CC(c3ccccc3)c3cc(O)c(OC)cc3CCC(=O)C(O)C(=O)C2C1)C(O)C1(C2=C[C+](C(C)CNCC(C)O)C=N2)CCCCC1. The molecule has 0 radical (unpaired) electrons. The summed E-state index contributed by atoms with van der Waals surface area (Å²) in [6.45, 7) is 7.27. The molecule has 0 spiro atoms. The number of anilines is 1. The number of carbonyl (C=O) groups excluding carboxylic acids is 2. The number of aliphatic imine (C=N–C) groups is 1. The van der Waals surface area contributed by atoms with E-state index in [4.69, 9.17) is 15.5 Å². The lowest BCUT2D eigenvalue weighted by Crippen LogP contribution is -2.46. The zero-order valence-corrected chi connectivity index (χ0v) is 39.3. The highest BCUT2D eigenvalue weighted by atomic mass is 16.5. The van der Waals surface area contributed by atoms with Gasteiger partial charge in [-0.25, -0.2) is 4.98 Å². The molecule has 7 rings (SSSR count). The number of aromatic hydroxyl groups is 1. The summed E-state index contributed by atoms with van der Waals surface area (Å²) < 4.78 is 5.49. The molecule has 10 unspecified atom stereocenters. The third-order valence-corrected chi connectivity index (χ3v) is 15.1. The van der Waals surface area contributed by atoms with Crippen LogP contribution in [0.4, 0.5) is 5.82 Å². The Balaban J connectivity index is 1.32. The Kier molecular flexibility index (Phi) is 16.5. The lowest BCUT2D eigenvalue weighted by Gasteiger charge is -2.43. The van der Waals surface area contributed by atoms with Crippen LogP contribution in [0.2, 0.25) is 0 Å². The van der Waals surface area contributed by atoms with Gasteiger partial charge in [-0.3, -0.25) is 9.59 Å². The number of pyridine rings is 1. The number of aliphatic hydroxyl groups excluding tert-OH is 3. The molecular weight excluding hydrogens is 829 g/mol. The van der Waals surface area contributed by atoms with Gasteiger partial charge in [0, 0.05) is 37.5 Å². The second-order valence-electron chi connectivity index (χ2n) is 19.8. The number of rotatable bonds is 15. The third-order valence-electron chi connectivity index (χ3n) is 15.1. The van der Waals surface area contributed by atoms with E-state index in [0.29, 0.717) is 44.6 Å². The third kappa shape index (κ3) is 11.2. The van der Waals surface area contributed by atoms with Crippen LogP contribution in [-0.4, -0.2) is 81.7 Å². The molecule has 0 bridgehead atoms. The number of allylic oxidation sites excluding steroid dienone is 1. The molecule has 10 atom stereocenters. The highest BCUT2D eigenvalue weighted by Crippen LogP contribution is 2.53. The Labute approximate surface area is 391 Å². The molecule has 3 aromatic rings. The van der Waals surface area contributed by atoms with Gasteiger partial charge in [0.15, 0.2) is 34.9 Å². The van der Waals surface area contributed by atoms with E-state index in [1.807, 2.05) is 48.7 Å². The maximum Gasteiger partial charge on any atom is 0.183 e. The first kappa shape index (κ1) is 48.9. The van der Waals surface area contributed by atoms with Crippen LogP contribution in [0.15, 0.2) is 77.6 Å². The lowest BCUT2D eigenvalue weighted by molar-refractivity contribution is -0.142. The van der Waals surface area contributed by atoms with Gasteiger partial charge in [0.25, 0.3) is 0 Å². The minimum Gasteiger partial charge on any atom is -0.504 e. The van der Waals surface area contributed by atoms with E-state index >= 15 is 0 Å². The van der Waals surface area contributed by atoms with Crippen molar-refractivity contribution in [3.8, 4) is 23.3 Å². The van der Waals surface area contributed by atoms with E-state index in [1.54, 1.807) is 25.3 Å². The van der Waals surface area contributed by atoms with E-state index in [2.05, 4.69) is 42.1 Å². The first-order valence-corrected chi connectivity index (χ1v) is 24.4. The first-order valence-electron chi connectivity index (χ1n) is 24.4. The molecule has 3 aliphatic carbocycles. The van der Waals surface area contributed by atoms with Gasteiger partial charge in [0.2, 0.25) is 0 Å². The Morgan fingerprint density at radius 2 is 1.76 bits per heavy atom. The Hall–Kier alpha value is -4.99. The Morgan fingerprint density at radius 3 is 2.47 bits per heavy atom. The quantitative estimate of drug-likeness (QED) is 0.0501. The van der Waals surface area contributed by atoms with Crippen LogP contribution in [0, 0.1) is 58.7 Å². The lowest BCUT2D eigenvalue weighted by atomic mass is 9.61. The van der Waals surface area contributed by atoms with Crippen molar-refractivity contribution < 1.29 is 34.8 Å². The number of Topliss-reactive ketones (excluding diaryl/α,β-unsaturated/α-hetero) is 2. The Morgan fingerprint density at radius 1 is 0.985 bits per heavy atom. The van der Waals surface area contributed by atoms with E-state index < -0.39 is 53.0 Å². The van der Waals surface area contributed by atoms with E-state index in [1.165, 1.54) is 7.11 Å². The minimum absolute atomic E-state index is 0.0120. The molecule has 2 heterocycles. The van der Waals surface area contributed by atoms with Crippen molar-refractivity contribution in [1.82, 2.24) is 10.3 Å². The van der Waals surface area contributed by atoms with Gasteiger partial charge in [-0.05, 0) is 129 Å². The number of phenols is 1. The van der Waals surface area contributed by atoms with Crippen LogP contribution in [-0.2, 0) is 22.4 Å². The van der Waals surface area contributed by atoms with Crippen LogP contribution in [0.5, 0.6) is 11.5 Å². The molecule has 4 aliphatic rings.